The van der Waals surface area contributed by atoms with Gasteiger partial charge in [0.1, 0.15) is 10.7 Å². The molecule has 0 aliphatic heterocycles. The molecule has 0 saturated carbocycles. The van der Waals surface area contributed by atoms with Crippen LogP contribution in [0.15, 0.2) is 23.1 Å². The summed E-state index contributed by atoms with van der Waals surface area (Å²) in [5.74, 6) is -2.13. The van der Waals surface area contributed by atoms with E-state index in [0.29, 0.717) is 18.2 Å². The summed E-state index contributed by atoms with van der Waals surface area (Å²) in [7, 11) is -5.07. The normalized spacial score (nSPS) is 13.1. The van der Waals surface area contributed by atoms with Crippen molar-refractivity contribution in [3.05, 3.63) is 29.6 Å². The number of carboxylic acids is 1. The second-order valence-corrected chi connectivity index (χ2v) is 7.27. The van der Waals surface area contributed by atoms with Crippen LogP contribution in [-0.4, -0.2) is 42.3 Å². The molecule has 6 nitrogen and oxygen atoms in total. The van der Waals surface area contributed by atoms with Gasteiger partial charge in [-0.25, -0.2) is 22.3 Å². The van der Waals surface area contributed by atoms with Crippen molar-refractivity contribution in [2.24, 2.45) is 0 Å². The van der Waals surface area contributed by atoms with Crippen LogP contribution in [0.25, 0.3) is 0 Å². The minimum atomic E-state index is -4.05. The summed E-state index contributed by atoms with van der Waals surface area (Å²) in [4.78, 5) is 10.0. The summed E-state index contributed by atoms with van der Waals surface area (Å²) < 4.78 is 50.2. The Bertz CT molecular complexity index is 630. The lowest BCUT2D eigenvalue weighted by atomic mass is 10.2. The maximum atomic E-state index is 13.6. The van der Waals surface area contributed by atoms with E-state index < -0.39 is 37.5 Å². The van der Waals surface area contributed by atoms with Gasteiger partial charge >= 0.3 is 5.97 Å². The van der Waals surface area contributed by atoms with E-state index in [2.05, 4.69) is 4.72 Å². The first-order valence-corrected chi connectivity index (χ1v) is 8.77. The maximum absolute atomic E-state index is 13.6. The molecule has 1 rings (SSSR count). The number of hydrogen-bond donors (Lipinski definition) is 2. The topological polar surface area (TPSA) is 101 Å². The van der Waals surface area contributed by atoms with E-state index in [4.69, 9.17) is 5.11 Å². The van der Waals surface area contributed by atoms with Gasteiger partial charge in [0.05, 0.1) is 5.56 Å². The highest BCUT2D eigenvalue weighted by Gasteiger charge is 2.19. The summed E-state index contributed by atoms with van der Waals surface area (Å²) in [5, 5.41) is 8.67. The van der Waals surface area contributed by atoms with Crippen molar-refractivity contribution in [2.45, 2.75) is 11.3 Å². The van der Waals surface area contributed by atoms with Crippen LogP contribution in [-0.2, 0) is 20.8 Å². The highest BCUT2D eigenvalue weighted by molar-refractivity contribution is 7.89. The molecular weight excluding hydrogens is 309 g/mol. The Balaban J connectivity index is 2.82. The van der Waals surface area contributed by atoms with Crippen LogP contribution in [0.3, 0.4) is 0 Å². The van der Waals surface area contributed by atoms with Crippen LogP contribution < -0.4 is 4.72 Å². The molecule has 1 aromatic carbocycles. The van der Waals surface area contributed by atoms with Crippen LogP contribution in [0.2, 0.25) is 0 Å². The molecule has 0 aromatic heterocycles. The minimum absolute atomic E-state index is 0.0298. The Kier molecular flexibility index (Phi) is 5.78. The number of aromatic carboxylic acids is 1. The second-order valence-electron chi connectivity index (χ2n) is 3.98. The van der Waals surface area contributed by atoms with Gasteiger partial charge < -0.3 is 5.11 Å². The Morgan fingerprint density at radius 1 is 1.45 bits per heavy atom. The first-order chi connectivity index (χ1) is 9.24. The number of halogens is 1. The molecule has 0 spiro atoms. The third-order valence-electron chi connectivity index (χ3n) is 2.37. The van der Waals surface area contributed by atoms with Gasteiger partial charge in [-0.1, -0.05) is 0 Å². The Labute approximate surface area is 118 Å². The van der Waals surface area contributed by atoms with Crippen molar-refractivity contribution in [1.82, 2.24) is 4.72 Å². The van der Waals surface area contributed by atoms with E-state index in [-0.39, 0.29) is 12.1 Å². The van der Waals surface area contributed by atoms with Gasteiger partial charge in [0.25, 0.3) is 0 Å². The fourth-order valence-electron chi connectivity index (χ4n) is 1.41. The third-order valence-corrected chi connectivity index (χ3v) is 4.73. The fraction of sp³-hybridized carbons (Fsp3) is 0.364. The van der Waals surface area contributed by atoms with E-state index in [0.717, 1.165) is 12.1 Å². The molecule has 0 radical (unpaired) electrons. The zero-order valence-electron chi connectivity index (χ0n) is 10.6. The molecule has 1 atom stereocenters. The van der Waals surface area contributed by atoms with Crippen molar-refractivity contribution in [1.29, 1.82) is 0 Å². The number of carbonyl (C=O) groups is 1. The van der Waals surface area contributed by atoms with Gasteiger partial charge in [0, 0.05) is 29.4 Å². The Hall–Kier alpha value is -1.32. The maximum Gasteiger partial charge on any atom is 0.335 e. The molecule has 1 unspecified atom stereocenters. The van der Waals surface area contributed by atoms with Crippen molar-refractivity contribution < 1.29 is 26.9 Å². The summed E-state index contributed by atoms with van der Waals surface area (Å²) in [5.41, 5.74) is -0.331. The summed E-state index contributed by atoms with van der Waals surface area (Å²) in [6, 6.07) is 2.57. The molecule has 0 aliphatic rings. The molecular formula is C11H14FNO5S2. The number of benzene rings is 1. The number of nitrogens with one attached hydrogen (secondary N) is 1. The SMILES string of the molecule is CS(=O)CCCNS(=O)(=O)c1ccc(C(=O)O)cc1F. The van der Waals surface area contributed by atoms with E-state index in [1.807, 2.05) is 0 Å². The lowest BCUT2D eigenvalue weighted by molar-refractivity contribution is 0.0696. The van der Waals surface area contributed by atoms with E-state index >= 15 is 0 Å². The molecule has 2 N–H and O–H groups in total. The minimum Gasteiger partial charge on any atom is -0.478 e. The Morgan fingerprint density at radius 3 is 2.60 bits per heavy atom. The number of carboxylic acid groups (broad SMARTS) is 1. The highest BCUT2D eigenvalue weighted by atomic mass is 32.2. The van der Waals surface area contributed by atoms with Gasteiger partial charge in [-0.3, -0.25) is 4.21 Å². The molecule has 0 fully saturated rings. The van der Waals surface area contributed by atoms with Crippen LogP contribution in [0.5, 0.6) is 0 Å². The average Bonchev–Trinajstić information content (AvgIpc) is 2.34. The molecule has 1 aromatic rings. The summed E-state index contributed by atoms with van der Waals surface area (Å²) in [6.07, 6.45) is 1.86. The average molecular weight is 323 g/mol. The van der Waals surface area contributed by atoms with E-state index in [1.54, 1.807) is 0 Å². The monoisotopic (exact) mass is 323 g/mol. The van der Waals surface area contributed by atoms with Crippen molar-refractivity contribution in [3.63, 3.8) is 0 Å². The molecule has 0 heterocycles. The van der Waals surface area contributed by atoms with Crippen molar-refractivity contribution >= 4 is 26.8 Å². The third kappa shape index (κ3) is 4.66. The van der Waals surface area contributed by atoms with Crippen molar-refractivity contribution in [2.75, 3.05) is 18.6 Å². The van der Waals surface area contributed by atoms with E-state index in [1.165, 1.54) is 6.26 Å². The fourth-order valence-corrected chi connectivity index (χ4v) is 3.09. The van der Waals surface area contributed by atoms with Gasteiger partial charge in [-0.2, -0.15) is 0 Å². The van der Waals surface area contributed by atoms with Crippen LogP contribution in [0.1, 0.15) is 16.8 Å². The number of sulfonamides is 1. The second kappa shape index (κ2) is 6.91. The molecule has 0 bridgehead atoms. The zero-order valence-corrected chi connectivity index (χ0v) is 12.3. The lowest BCUT2D eigenvalue weighted by Crippen LogP contribution is -2.26. The van der Waals surface area contributed by atoms with E-state index in [9.17, 15) is 21.8 Å². The smallest absolute Gasteiger partial charge is 0.335 e. The molecule has 112 valence electrons. The van der Waals surface area contributed by atoms with Crippen LogP contribution >= 0.6 is 0 Å². The molecule has 20 heavy (non-hydrogen) atoms. The lowest BCUT2D eigenvalue weighted by Gasteiger charge is -2.07. The number of hydrogen-bond acceptors (Lipinski definition) is 4. The number of rotatable bonds is 7. The van der Waals surface area contributed by atoms with Crippen LogP contribution in [0.4, 0.5) is 4.39 Å². The van der Waals surface area contributed by atoms with Gasteiger partial charge in [-0.15, -0.1) is 0 Å². The first-order valence-electron chi connectivity index (χ1n) is 5.56. The zero-order chi connectivity index (χ0) is 15.3. The highest BCUT2D eigenvalue weighted by Crippen LogP contribution is 2.16. The molecule has 0 aliphatic carbocycles. The molecule has 9 heteroatoms. The van der Waals surface area contributed by atoms with Gasteiger partial charge in [0.2, 0.25) is 10.0 Å². The summed E-state index contributed by atoms with van der Waals surface area (Å²) >= 11 is 0. The van der Waals surface area contributed by atoms with Crippen molar-refractivity contribution in [3.8, 4) is 0 Å². The Morgan fingerprint density at radius 2 is 2.10 bits per heavy atom. The molecule has 0 saturated heterocycles. The predicted molar refractivity (Wildman–Crippen MR) is 72.1 cm³/mol. The first kappa shape index (κ1) is 16.7. The van der Waals surface area contributed by atoms with Crippen LogP contribution in [0, 0.1) is 5.82 Å². The standard InChI is InChI=1S/C11H14FNO5S2/c1-19(16)6-2-5-13-20(17,18)10-4-3-8(11(14)15)7-9(10)12/h3-4,7,13H,2,5-6H2,1H3,(H,14,15). The molecule has 0 amide bonds. The quantitative estimate of drug-likeness (QED) is 0.715. The largest absolute Gasteiger partial charge is 0.478 e. The van der Waals surface area contributed by atoms with Gasteiger partial charge in [-0.05, 0) is 24.6 Å². The van der Waals surface area contributed by atoms with Gasteiger partial charge in [0.15, 0.2) is 0 Å². The predicted octanol–water partition coefficient (Wildman–Crippen LogP) is 0.571. The summed E-state index contributed by atoms with van der Waals surface area (Å²) in [6.45, 7) is 0.0298.